The first kappa shape index (κ1) is 13.1. The molecule has 1 aromatic rings. The summed E-state index contributed by atoms with van der Waals surface area (Å²) in [7, 11) is 0. The highest BCUT2D eigenvalue weighted by molar-refractivity contribution is 5.95. The van der Waals surface area contributed by atoms with Crippen molar-refractivity contribution in [2.75, 3.05) is 13.1 Å². The molecule has 20 heavy (non-hydrogen) atoms. The molecule has 0 aromatic carbocycles. The zero-order valence-corrected chi connectivity index (χ0v) is 11.6. The van der Waals surface area contributed by atoms with Crippen LogP contribution in [0.5, 0.6) is 0 Å². The largest absolute Gasteiger partial charge is 0.481 e. The van der Waals surface area contributed by atoms with E-state index in [2.05, 4.69) is 5.10 Å². The zero-order valence-electron chi connectivity index (χ0n) is 11.6. The fourth-order valence-corrected chi connectivity index (χ4v) is 3.31. The topological polar surface area (TPSA) is 75.4 Å². The maximum Gasteiger partial charge on any atom is 0.306 e. The molecule has 2 aliphatic rings. The summed E-state index contributed by atoms with van der Waals surface area (Å²) in [5.41, 5.74) is 1.73. The molecule has 1 saturated heterocycles. The van der Waals surface area contributed by atoms with Crippen molar-refractivity contribution in [3.8, 4) is 0 Å². The Hall–Kier alpha value is -1.85. The van der Waals surface area contributed by atoms with Crippen molar-refractivity contribution < 1.29 is 14.7 Å². The monoisotopic (exact) mass is 277 g/mol. The lowest BCUT2D eigenvalue weighted by Crippen LogP contribution is -2.45. The molecule has 0 bridgehead atoms. The standard InChI is InChI=1S/C14H19N3O3/c1-9-8-16(6-4-10(9)14(19)20)13(18)11-7-15-17-5-2-3-12(11)17/h7,9-10H,2-6,8H2,1H3,(H,19,20)/t9-,10+/m1/s1. The molecule has 0 spiro atoms. The predicted octanol–water partition coefficient (Wildman–Crippen LogP) is 1.01. The van der Waals surface area contributed by atoms with Gasteiger partial charge in [0.1, 0.15) is 0 Å². The highest BCUT2D eigenvalue weighted by Crippen LogP contribution is 2.26. The molecule has 0 unspecified atom stereocenters. The average Bonchev–Trinajstić information content (AvgIpc) is 2.99. The number of carboxylic acid groups (broad SMARTS) is 1. The van der Waals surface area contributed by atoms with Crippen LogP contribution in [0.4, 0.5) is 0 Å². The van der Waals surface area contributed by atoms with Crippen LogP contribution in [-0.4, -0.2) is 44.8 Å². The lowest BCUT2D eigenvalue weighted by Gasteiger charge is -2.34. The second-order valence-electron chi connectivity index (χ2n) is 5.79. The van der Waals surface area contributed by atoms with Crippen molar-refractivity contribution >= 4 is 11.9 Å². The number of amides is 1. The molecule has 0 saturated carbocycles. The molecule has 3 rings (SSSR count). The minimum atomic E-state index is -0.754. The number of aromatic nitrogens is 2. The molecule has 108 valence electrons. The second-order valence-corrected chi connectivity index (χ2v) is 5.79. The Bertz CT molecular complexity index is 552. The SMILES string of the molecule is C[C@@H]1CN(C(=O)c2cnn3c2CCC3)CC[C@@H]1C(=O)O. The number of hydrogen-bond acceptors (Lipinski definition) is 3. The Labute approximate surface area is 117 Å². The first-order chi connectivity index (χ1) is 9.58. The van der Waals surface area contributed by atoms with E-state index in [0.717, 1.165) is 25.1 Å². The summed E-state index contributed by atoms with van der Waals surface area (Å²) in [5, 5.41) is 13.4. The van der Waals surface area contributed by atoms with Gasteiger partial charge in [-0.3, -0.25) is 14.3 Å². The molecule has 6 heteroatoms. The Morgan fingerprint density at radius 3 is 2.90 bits per heavy atom. The summed E-state index contributed by atoms with van der Waals surface area (Å²) >= 11 is 0. The van der Waals surface area contributed by atoms with Crippen LogP contribution in [0, 0.1) is 11.8 Å². The van der Waals surface area contributed by atoms with E-state index in [4.69, 9.17) is 5.11 Å². The summed E-state index contributed by atoms with van der Waals surface area (Å²) in [6.07, 6.45) is 4.14. The number of carbonyl (C=O) groups excluding carboxylic acids is 1. The van der Waals surface area contributed by atoms with E-state index in [0.29, 0.717) is 25.1 Å². The molecule has 0 radical (unpaired) electrons. The molecule has 0 aliphatic carbocycles. The van der Waals surface area contributed by atoms with Gasteiger partial charge in [0.2, 0.25) is 0 Å². The molecule has 2 aliphatic heterocycles. The third-order valence-electron chi connectivity index (χ3n) is 4.47. The maximum atomic E-state index is 12.6. The molecule has 1 N–H and O–H groups in total. The lowest BCUT2D eigenvalue weighted by molar-refractivity contribution is -0.145. The number of aliphatic carboxylic acids is 1. The molecular formula is C14H19N3O3. The van der Waals surface area contributed by atoms with Gasteiger partial charge in [-0.05, 0) is 25.2 Å². The van der Waals surface area contributed by atoms with Crippen molar-refractivity contribution in [3.05, 3.63) is 17.5 Å². The van der Waals surface area contributed by atoms with Gasteiger partial charge in [-0.2, -0.15) is 5.10 Å². The first-order valence-electron chi connectivity index (χ1n) is 7.14. The van der Waals surface area contributed by atoms with E-state index in [1.165, 1.54) is 0 Å². The van der Waals surface area contributed by atoms with Gasteiger partial charge < -0.3 is 10.0 Å². The van der Waals surface area contributed by atoms with Gasteiger partial charge in [0.05, 0.1) is 23.4 Å². The fourth-order valence-electron chi connectivity index (χ4n) is 3.31. The van der Waals surface area contributed by atoms with E-state index < -0.39 is 5.97 Å². The van der Waals surface area contributed by atoms with Crippen molar-refractivity contribution in [2.45, 2.75) is 32.7 Å². The van der Waals surface area contributed by atoms with Gasteiger partial charge in [0.15, 0.2) is 0 Å². The minimum Gasteiger partial charge on any atom is -0.481 e. The predicted molar refractivity (Wildman–Crippen MR) is 71.4 cm³/mol. The number of aryl methyl sites for hydroxylation is 1. The number of nitrogens with zero attached hydrogens (tertiary/aromatic N) is 3. The summed E-state index contributed by atoms with van der Waals surface area (Å²) in [4.78, 5) is 25.5. The number of carbonyl (C=O) groups is 2. The van der Waals surface area contributed by atoms with Gasteiger partial charge in [-0.25, -0.2) is 0 Å². The quantitative estimate of drug-likeness (QED) is 0.875. The Morgan fingerprint density at radius 2 is 2.20 bits per heavy atom. The van der Waals surface area contributed by atoms with E-state index in [1.807, 2.05) is 11.6 Å². The van der Waals surface area contributed by atoms with Crippen LogP contribution in [-0.2, 0) is 17.8 Å². The molecule has 3 heterocycles. The highest BCUT2D eigenvalue weighted by atomic mass is 16.4. The number of carboxylic acids is 1. The number of rotatable bonds is 2. The fraction of sp³-hybridized carbons (Fsp3) is 0.643. The normalized spacial score (nSPS) is 25.6. The molecule has 2 atom stereocenters. The van der Waals surface area contributed by atoms with Crippen LogP contribution < -0.4 is 0 Å². The summed E-state index contributed by atoms with van der Waals surface area (Å²) < 4.78 is 1.90. The number of hydrogen-bond donors (Lipinski definition) is 1. The molecule has 1 aromatic heterocycles. The summed E-state index contributed by atoms with van der Waals surface area (Å²) in [6, 6.07) is 0. The molecule has 1 amide bonds. The molecule has 1 fully saturated rings. The van der Waals surface area contributed by atoms with Crippen molar-refractivity contribution in [1.82, 2.24) is 14.7 Å². The smallest absolute Gasteiger partial charge is 0.306 e. The molecular weight excluding hydrogens is 258 g/mol. The number of likely N-dealkylation sites (tertiary alicyclic amines) is 1. The van der Waals surface area contributed by atoms with Crippen molar-refractivity contribution in [1.29, 1.82) is 0 Å². The lowest BCUT2D eigenvalue weighted by atomic mass is 9.87. The maximum absolute atomic E-state index is 12.6. The van der Waals surface area contributed by atoms with E-state index >= 15 is 0 Å². The molecule has 6 nitrogen and oxygen atoms in total. The Balaban J connectivity index is 1.74. The van der Waals surface area contributed by atoms with Gasteiger partial charge in [-0.15, -0.1) is 0 Å². The average molecular weight is 277 g/mol. The third kappa shape index (κ3) is 2.09. The minimum absolute atomic E-state index is 0.00355. The van der Waals surface area contributed by atoms with E-state index in [-0.39, 0.29) is 17.7 Å². The van der Waals surface area contributed by atoms with Crippen LogP contribution in [0.15, 0.2) is 6.20 Å². The van der Waals surface area contributed by atoms with E-state index in [9.17, 15) is 9.59 Å². The van der Waals surface area contributed by atoms with Gasteiger partial charge in [0, 0.05) is 19.6 Å². The second kappa shape index (κ2) is 4.92. The van der Waals surface area contributed by atoms with Crippen molar-refractivity contribution in [3.63, 3.8) is 0 Å². The van der Waals surface area contributed by atoms with Crippen LogP contribution in [0.3, 0.4) is 0 Å². The van der Waals surface area contributed by atoms with Crippen LogP contribution in [0.25, 0.3) is 0 Å². The summed E-state index contributed by atoms with van der Waals surface area (Å²) in [5.74, 6) is -1.09. The Kier molecular flexibility index (Phi) is 3.23. The zero-order chi connectivity index (χ0) is 14.3. The van der Waals surface area contributed by atoms with Crippen molar-refractivity contribution in [2.24, 2.45) is 11.8 Å². The van der Waals surface area contributed by atoms with Crippen LogP contribution in [0.2, 0.25) is 0 Å². The number of piperidine rings is 1. The van der Waals surface area contributed by atoms with Gasteiger partial charge >= 0.3 is 5.97 Å². The summed E-state index contributed by atoms with van der Waals surface area (Å²) in [6.45, 7) is 3.83. The highest BCUT2D eigenvalue weighted by Gasteiger charge is 2.34. The van der Waals surface area contributed by atoms with Crippen LogP contribution in [0.1, 0.15) is 35.8 Å². The van der Waals surface area contributed by atoms with Gasteiger partial charge in [-0.1, -0.05) is 6.92 Å². The van der Waals surface area contributed by atoms with Gasteiger partial charge in [0.25, 0.3) is 5.91 Å². The third-order valence-corrected chi connectivity index (χ3v) is 4.47. The number of fused-ring (bicyclic) bond motifs is 1. The first-order valence-corrected chi connectivity index (χ1v) is 7.14. The Morgan fingerprint density at radius 1 is 1.40 bits per heavy atom. The van der Waals surface area contributed by atoms with Crippen LogP contribution >= 0.6 is 0 Å². The van der Waals surface area contributed by atoms with E-state index in [1.54, 1.807) is 11.1 Å².